The summed E-state index contributed by atoms with van der Waals surface area (Å²) >= 11 is 0. The number of hydrogen-bond donors (Lipinski definition) is 2. The summed E-state index contributed by atoms with van der Waals surface area (Å²) in [7, 11) is 0. The molecule has 19 heavy (non-hydrogen) atoms. The van der Waals surface area contributed by atoms with Gasteiger partial charge in [0.05, 0.1) is 23.2 Å². The van der Waals surface area contributed by atoms with Gasteiger partial charge in [-0.1, -0.05) is 13.8 Å². The fraction of sp³-hybridized carbons (Fsp3) is 0.533. The Morgan fingerprint density at radius 3 is 2.79 bits per heavy atom. The van der Waals surface area contributed by atoms with E-state index in [-0.39, 0.29) is 11.5 Å². The molecule has 1 aliphatic rings. The lowest BCUT2D eigenvalue weighted by Crippen LogP contribution is -2.26. The van der Waals surface area contributed by atoms with Gasteiger partial charge in [-0.25, -0.2) is 0 Å². The van der Waals surface area contributed by atoms with Gasteiger partial charge in [0.15, 0.2) is 0 Å². The monoisotopic (exact) mass is 259 g/mol. The maximum absolute atomic E-state index is 10.3. The molecular weight excluding hydrogens is 238 g/mol. The second kappa shape index (κ2) is 3.97. The van der Waals surface area contributed by atoms with Crippen LogP contribution in [0.4, 0.5) is 0 Å². The van der Waals surface area contributed by atoms with Crippen molar-refractivity contribution >= 4 is 0 Å². The Morgan fingerprint density at radius 1 is 1.42 bits per heavy atom. The maximum Gasteiger partial charge on any atom is 0.0892 e. The van der Waals surface area contributed by atoms with Gasteiger partial charge in [-0.15, -0.1) is 0 Å². The van der Waals surface area contributed by atoms with Crippen LogP contribution in [0, 0.1) is 19.3 Å². The molecule has 2 heterocycles. The minimum atomic E-state index is -0.354. The van der Waals surface area contributed by atoms with Crippen molar-refractivity contribution in [3.63, 3.8) is 0 Å². The summed E-state index contributed by atoms with van der Waals surface area (Å²) in [6.45, 7) is 8.47. The van der Waals surface area contributed by atoms with Crippen LogP contribution in [0.5, 0.6) is 0 Å². The van der Waals surface area contributed by atoms with Crippen molar-refractivity contribution in [2.24, 2.45) is 5.41 Å². The molecule has 0 radical (unpaired) electrons. The van der Waals surface area contributed by atoms with Crippen molar-refractivity contribution in [1.29, 1.82) is 0 Å². The molecule has 0 saturated heterocycles. The molecule has 4 heteroatoms. The van der Waals surface area contributed by atoms with E-state index in [1.54, 1.807) is 0 Å². The highest BCUT2D eigenvalue weighted by atomic mass is 16.3. The number of aromatic amines is 1. The average Bonchev–Trinajstić information content (AvgIpc) is 2.82. The van der Waals surface area contributed by atoms with Gasteiger partial charge in [0, 0.05) is 17.5 Å². The highest BCUT2D eigenvalue weighted by Crippen LogP contribution is 2.42. The fourth-order valence-electron chi connectivity index (χ4n) is 3.24. The SMILES string of the molecule is Cc1n[nH]c(C)c1-n1ccc2c1CC(C)(C)CC2O. The van der Waals surface area contributed by atoms with E-state index in [9.17, 15) is 5.11 Å². The molecule has 3 rings (SSSR count). The molecule has 1 aliphatic carbocycles. The normalized spacial score (nSPS) is 21.4. The Kier molecular flexibility index (Phi) is 2.61. The van der Waals surface area contributed by atoms with Crippen LogP contribution in [0.1, 0.15) is 49.0 Å². The molecular formula is C15H21N3O. The molecule has 102 valence electrons. The van der Waals surface area contributed by atoms with Gasteiger partial charge in [0.2, 0.25) is 0 Å². The van der Waals surface area contributed by atoms with Crippen LogP contribution >= 0.6 is 0 Å². The number of aromatic nitrogens is 3. The zero-order valence-electron chi connectivity index (χ0n) is 12.0. The quantitative estimate of drug-likeness (QED) is 0.827. The van der Waals surface area contributed by atoms with Gasteiger partial charge in [-0.2, -0.15) is 5.10 Å². The minimum absolute atomic E-state index is 0.133. The predicted molar refractivity (Wildman–Crippen MR) is 74.5 cm³/mol. The Labute approximate surface area is 113 Å². The molecule has 0 bridgehead atoms. The number of aliphatic hydroxyl groups excluding tert-OH is 1. The maximum atomic E-state index is 10.3. The first-order valence-electron chi connectivity index (χ1n) is 6.79. The van der Waals surface area contributed by atoms with Crippen LogP contribution in [0.2, 0.25) is 0 Å². The molecule has 0 aliphatic heterocycles. The number of H-pyrrole nitrogens is 1. The Balaban J connectivity index is 2.17. The molecule has 4 nitrogen and oxygen atoms in total. The van der Waals surface area contributed by atoms with Crippen molar-refractivity contribution < 1.29 is 5.11 Å². The van der Waals surface area contributed by atoms with Gasteiger partial charge in [0.25, 0.3) is 0 Å². The number of aliphatic hydroxyl groups is 1. The molecule has 0 amide bonds. The summed E-state index contributed by atoms with van der Waals surface area (Å²) in [5.74, 6) is 0. The second-order valence-electron chi connectivity index (χ2n) is 6.43. The van der Waals surface area contributed by atoms with Crippen LogP contribution in [-0.4, -0.2) is 19.9 Å². The fourth-order valence-corrected chi connectivity index (χ4v) is 3.24. The van der Waals surface area contributed by atoms with Gasteiger partial charge < -0.3 is 9.67 Å². The summed E-state index contributed by atoms with van der Waals surface area (Å²) in [5.41, 5.74) is 5.60. The van der Waals surface area contributed by atoms with E-state index >= 15 is 0 Å². The number of fused-ring (bicyclic) bond motifs is 1. The van der Waals surface area contributed by atoms with Gasteiger partial charge in [-0.3, -0.25) is 5.10 Å². The van der Waals surface area contributed by atoms with E-state index in [0.717, 1.165) is 35.5 Å². The summed E-state index contributed by atoms with van der Waals surface area (Å²) in [4.78, 5) is 0. The topological polar surface area (TPSA) is 53.8 Å². The second-order valence-corrected chi connectivity index (χ2v) is 6.43. The van der Waals surface area contributed by atoms with Crippen LogP contribution in [0.15, 0.2) is 12.3 Å². The first-order valence-corrected chi connectivity index (χ1v) is 6.79. The number of nitrogens with one attached hydrogen (secondary N) is 1. The van der Waals surface area contributed by atoms with E-state index in [2.05, 4.69) is 34.8 Å². The Hall–Kier alpha value is -1.55. The summed E-state index contributed by atoms with van der Waals surface area (Å²) < 4.78 is 2.19. The van der Waals surface area contributed by atoms with Gasteiger partial charge >= 0.3 is 0 Å². The molecule has 2 aromatic rings. The van der Waals surface area contributed by atoms with Gasteiger partial charge in [0.1, 0.15) is 0 Å². The molecule has 1 unspecified atom stereocenters. The van der Waals surface area contributed by atoms with Crippen LogP contribution < -0.4 is 0 Å². The number of aryl methyl sites for hydroxylation is 2. The highest BCUT2D eigenvalue weighted by Gasteiger charge is 2.33. The van der Waals surface area contributed by atoms with Crippen LogP contribution in [0.3, 0.4) is 0 Å². The third-order valence-electron chi connectivity index (χ3n) is 4.11. The van der Waals surface area contributed by atoms with E-state index < -0.39 is 0 Å². The largest absolute Gasteiger partial charge is 0.388 e. The smallest absolute Gasteiger partial charge is 0.0892 e. The lowest BCUT2D eigenvalue weighted by Gasteiger charge is -2.33. The van der Waals surface area contributed by atoms with Crippen molar-refractivity contribution in [1.82, 2.24) is 14.8 Å². The molecule has 0 saturated carbocycles. The molecule has 2 N–H and O–H groups in total. The third kappa shape index (κ3) is 1.91. The standard InChI is InChI=1S/C15H21N3O/c1-9-14(10(2)17-16-9)18-6-5-11-12(18)7-15(3,4)8-13(11)19/h5-6,13,19H,7-8H2,1-4H3,(H,16,17). The summed E-state index contributed by atoms with van der Waals surface area (Å²) in [6.07, 6.45) is 3.51. The summed E-state index contributed by atoms with van der Waals surface area (Å²) in [5, 5.41) is 17.6. The Bertz CT molecular complexity index is 602. The zero-order chi connectivity index (χ0) is 13.8. The van der Waals surface area contributed by atoms with E-state index in [4.69, 9.17) is 0 Å². The highest BCUT2D eigenvalue weighted by molar-refractivity contribution is 5.45. The minimum Gasteiger partial charge on any atom is -0.388 e. The van der Waals surface area contributed by atoms with Crippen LogP contribution in [-0.2, 0) is 6.42 Å². The lowest BCUT2D eigenvalue weighted by molar-refractivity contribution is 0.0986. The molecule has 0 fully saturated rings. The first kappa shape index (κ1) is 12.5. The molecule has 1 atom stereocenters. The number of rotatable bonds is 1. The van der Waals surface area contributed by atoms with E-state index in [0.29, 0.717) is 0 Å². The third-order valence-corrected chi connectivity index (χ3v) is 4.11. The van der Waals surface area contributed by atoms with Crippen molar-refractivity contribution in [3.8, 4) is 5.69 Å². The first-order chi connectivity index (χ1) is 8.89. The zero-order valence-corrected chi connectivity index (χ0v) is 12.0. The van der Waals surface area contributed by atoms with Crippen molar-refractivity contribution in [2.75, 3.05) is 0 Å². The van der Waals surface area contributed by atoms with Crippen LogP contribution in [0.25, 0.3) is 5.69 Å². The molecule has 0 spiro atoms. The summed E-state index contributed by atoms with van der Waals surface area (Å²) in [6, 6.07) is 2.04. The average molecular weight is 259 g/mol. The number of nitrogens with zero attached hydrogens (tertiary/aromatic N) is 2. The molecule has 2 aromatic heterocycles. The predicted octanol–water partition coefficient (Wildman–Crippen LogP) is 2.82. The lowest BCUT2D eigenvalue weighted by atomic mass is 9.75. The Morgan fingerprint density at radius 2 is 2.16 bits per heavy atom. The van der Waals surface area contributed by atoms with E-state index in [1.165, 1.54) is 5.69 Å². The van der Waals surface area contributed by atoms with Crippen molar-refractivity contribution in [2.45, 2.75) is 46.6 Å². The molecule has 0 aromatic carbocycles. The van der Waals surface area contributed by atoms with Crippen molar-refractivity contribution in [3.05, 3.63) is 34.9 Å². The van der Waals surface area contributed by atoms with E-state index in [1.807, 2.05) is 19.9 Å². The number of hydrogen-bond acceptors (Lipinski definition) is 2. The van der Waals surface area contributed by atoms with Gasteiger partial charge in [-0.05, 0) is 38.2 Å².